The fourth-order valence-corrected chi connectivity index (χ4v) is 2.23. The number of rotatable bonds is 4. The van der Waals surface area contributed by atoms with E-state index in [1.165, 1.54) is 4.90 Å². The van der Waals surface area contributed by atoms with Crippen molar-refractivity contribution in [1.29, 1.82) is 0 Å². The number of carbonyl (C=O) groups is 1. The predicted molar refractivity (Wildman–Crippen MR) is 73.8 cm³/mol. The monoisotopic (exact) mass is 261 g/mol. The summed E-state index contributed by atoms with van der Waals surface area (Å²) >= 11 is 0. The second-order valence-electron chi connectivity index (χ2n) is 4.75. The van der Waals surface area contributed by atoms with Gasteiger partial charge in [0.15, 0.2) is 12.3 Å². The van der Waals surface area contributed by atoms with Crippen LogP contribution in [0.1, 0.15) is 20.3 Å². The first kappa shape index (κ1) is 13.6. The van der Waals surface area contributed by atoms with E-state index in [2.05, 4.69) is 0 Å². The number of anilines is 1. The molecule has 1 aromatic rings. The smallest absolute Gasteiger partial charge is 0.417 e. The molecule has 19 heavy (non-hydrogen) atoms. The number of amides is 1. The highest BCUT2D eigenvalue weighted by atomic mass is 16.6. The molecule has 3 atom stereocenters. The molecule has 1 fully saturated rings. The van der Waals surface area contributed by atoms with Gasteiger partial charge in [0.2, 0.25) is 0 Å². The van der Waals surface area contributed by atoms with E-state index < -0.39 is 18.4 Å². The van der Waals surface area contributed by atoms with Crippen molar-refractivity contribution in [1.82, 2.24) is 0 Å². The Morgan fingerprint density at radius 2 is 2.11 bits per heavy atom. The average Bonchev–Trinajstić information content (AvgIpc) is 2.72. The van der Waals surface area contributed by atoms with E-state index >= 15 is 0 Å². The first-order valence-corrected chi connectivity index (χ1v) is 6.49. The van der Waals surface area contributed by atoms with Gasteiger partial charge in [0.05, 0.1) is 0 Å². The molecule has 1 aliphatic rings. The highest BCUT2D eigenvalue weighted by Crippen LogP contribution is 2.30. The van der Waals surface area contributed by atoms with E-state index in [4.69, 9.17) is 4.74 Å². The topological polar surface area (TPSA) is 49.8 Å². The van der Waals surface area contributed by atoms with Gasteiger partial charge in [-0.2, -0.15) is 0 Å². The maximum absolute atomic E-state index is 11.9. The first-order valence-electron chi connectivity index (χ1n) is 6.49. The molecule has 102 valence electrons. The maximum atomic E-state index is 11.9. The Morgan fingerprint density at radius 3 is 2.74 bits per heavy atom. The largest absolute Gasteiger partial charge is 0.441 e. The van der Waals surface area contributed by atoms with Crippen LogP contribution in [0.5, 0.6) is 0 Å². The van der Waals surface area contributed by atoms with Gasteiger partial charge in [0.1, 0.15) is 0 Å². The highest BCUT2D eigenvalue weighted by molar-refractivity contribution is 5.90. The van der Waals surface area contributed by atoms with Gasteiger partial charge in [-0.15, -0.1) is 0 Å². The van der Waals surface area contributed by atoms with Crippen molar-refractivity contribution in [2.75, 3.05) is 4.90 Å². The first-order chi connectivity index (χ1) is 9.15. The van der Waals surface area contributed by atoms with Crippen molar-refractivity contribution < 1.29 is 14.6 Å². The molecule has 1 saturated heterocycles. The Hall–Kier alpha value is -1.81. The van der Waals surface area contributed by atoms with Crippen molar-refractivity contribution in [3.63, 3.8) is 0 Å². The van der Waals surface area contributed by atoms with E-state index in [0.717, 1.165) is 6.42 Å². The van der Waals surface area contributed by atoms with Gasteiger partial charge in [-0.3, -0.25) is 0 Å². The van der Waals surface area contributed by atoms with Crippen LogP contribution in [0.3, 0.4) is 0 Å². The Balaban J connectivity index is 2.14. The van der Waals surface area contributed by atoms with Crippen molar-refractivity contribution in [3.8, 4) is 0 Å². The van der Waals surface area contributed by atoms with E-state index in [0.29, 0.717) is 5.69 Å². The summed E-state index contributed by atoms with van der Waals surface area (Å²) in [5.74, 6) is 0.0730. The zero-order valence-electron chi connectivity index (χ0n) is 11.2. The molecule has 0 bridgehead atoms. The molecular weight excluding hydrogens is 242 g/mol. The zero-order valence-corrected chi connectivity index (χ0v) is 11.2. The van der Waals surface area contributed by atoms with Gasteiger partial charge in [0.25, 0.3) is 0 Å². The second kappa shape index (κ2) is 5.89. The van der Waals surface area contributed by atoms with Crippen LogP contribution < -0.4 is 4.90 Å². The summed E-state index contributed by atoms with van der Waals surface area (Å²) in [5.41, 5.74) is 0.653. The standard InChI is InChI=1S/C15H19NO3/c1-3-4-8-11(2)13-14(17)16(15(18)19-13)12-9-6-5-7-10-12/h3-7,9-11,13-14,17H,8H2,1-2H3. The van der Waals surface area contributed by atoms with Gasteiger partial charge in [0, 0.05) is 11.6 Å². The third-order valence-electron chi connectivity index (χ3n) is 3.33. The SMILES string of the molecule is CC=CCC(C)C1OC(=O)N(c2ccccc2)C1O. The molecule has 1 N–H and O–H groups in total. The van der Waals surface area contributed by atoms with Crippen LogP contribution in [0.2, 0.25) is 0 Å². The number of carbonyl (C=O) groups excluding carboxylic acids is 1. The van der Waals surface area contributed by atoms with Crippen LogP contribution in [0, 0.1) is 5.92 Å². The summed E-state index contributed by atoms with van der Waals surface area (Å²) in [6.45, 7) is 3.91. The number of hydrogen-bond donors (Lipinski definition) is 1. The molecule has 1 aromatic carbocycles. The maximum Gasteiger partial charge on any atom is 0.417 e. The molecule has 4 nitrogen and oxygen atoms in total. The lowest BCUT2D eigenvalue weighted by molar-refractivity contribution is 0.0290. The summed E-state index contributed by atoms with van der Waals surface area (Å²) in [5, 5.41) is 10.3. The van der Waals surface area contributed by atoms with Gasteiger partial charge in [-0.05, 0) is 25.5 Å². The normalized spacial score (nSPS) is 24.8. The molecule has 2 rings (SSSR count). The predicted octanol–water partition coefficient (Wildman–Crippen LogP) is 2.93. The summed E-state index contributed by atoms with van der Waals surface area (Å²) in [4.78, 5) is 13.2. The van der Waals surface area contributed by atoms with Gasteiger partial charge in [-0.25, -0.2) is 9.69 Å². The van der Waals surface area contributed by atoms with Crippen molar-refractivity contribution in [2.24, 2.45) is 5.92 Å². The molecule has 0 radical (unpaired) electrons. The van der Waals surface area contributed by atoms with Crippen LogP contribution in [-0.4, -0.2) is 23.5 Å². The van der Waals surface area contributed by atoms with Crippen LogP contribution in [0.15, 0.2) is 42.5 Å². The van der Waals surface area contributed by atoms with Crippen LogP contribution in [0.25, 0.3) is 0 Å². The average molecular weight is 261 g/mol. The summed E-state index contributed by atoms with van der Waals surface area (Å²) < 4.78 is 5.30. The minimum absolute atomic E-state index is 0.0730. The number of aliphatic hydroxyl groups is 1. The van der Waals surface area contributed by atoms with E-state index in [1.807, 2.05) is 44.2 Å². The molecule has 0 aromatic heterocycles. The zero-order chi connectivity index (χ0) is 13.8. The summed E-state index contributed by atoms with van der Waals surface area (Å²) in [7, 11) is 0. The molecule has 0 aliphatic carbocycles. The van der Waals surface area contributed by atoms with Crippen LogP contribution in [-0.2, 0) is 4.74 Å². The van der Waals surface area contributed by atoms with Crippen LogP contribution >= 0.6 is 0 Å². The number of hydrogen-bond acceptors (Lipinski definition) is 3. The number of aliphatic hydroxyl groups excluding tert-OH is 1. The van der Waals surface area contributed by atoms with E-state index in [1.54, 1.807) is 12.1 Å². The van der Waals surface area contributed by atoms with Crippen molar-refractivity contribution in [3.05, 3.63) is 42.5 Å². The Kier molecular flexibility index (Phi) is 4.22. The van der Waals surface area contributed by atoms with E-state index in [-0.39, 0.29) is 5.92 Å². The number of allylic oxidation sites excluding steroid dienone is 2. The van der Waals surface area contributed by atoms with Gasteiger partial charge < -0.3 is 9.84 Å². The highest BCUT2D eigenvalue weighted by Gasteiger charge is 2.43. The number of benzene rings is 1. The fraction of sp³-hybridized carbons (Fsp3) is 0.400. The van der Waals surface area contributed by atoms with Gasteiger partial charge in [-0.1, -0.05) is 37.3 Å². The molecule has 0 saturated carbocycles. The lowest BCUT2D eigenvalue weighted by Gasteiger charge is -2.22. The van der Waals surface area contributed by atoms with E-state index in [9.17, 15) is 9.90 Å². The minimum atomic E-state index is -0.935. The molecule has 3 unspecified atom stereocenters. The molecule has 1 heterocycles. The van der Waals surface area contributed by atoms with Crippen molar-refractivity contribution in [2.45, 2.75) is 32.6 Å². The number of nitrogens with zero attached hydrogens (tertiary/aromatic N) is 1. The molecule has 4 heteroatoms. The lowest BCUT2D eigenvalue weighted by atomic mass is 9.99. The number of cyclic esters (lactones) is 1. The minimum Gasteiger partial charge on any atom is -0.441 e. The Morgan fingerprint density at radius 1 is 1.42 bits per heavy atom. The summed E-state index contributed by atoms with van der Waals surface area (Å²) in [6, 6.07) is 9.08. The number of ether oxygens (including phenoxy) is 1. The number of para-hydroxylation sites is 1. The lowest BCUT2D eigenvalue weighted by Crippen LogP contribution is -2.38. The summed E-state index contributed by atoms with van der Waals surface area (Å²) in [6.07, 6.45) is 2.81. The quantitative estimate of drug-likeness (QED) is 0.848. The van der Waals surface area contributed by atoms with Gasteiger partial charge >= 0.3 is 6.09 Å². The molecule has 1 amide bonds. The molecular formula is C15H19NO3. The fourth-order valence-electron chi connectivity index (χ4n) is 2.23. The second-order valence-corrected chi connectivity index (χ2v) is 4.75. The van der Waals surface area contributed by atoms with Crippen molar-refractivity contribution >= 4 is 11.8 Å². The Bertz CT molecular complexity index is 458. The molecule has 1 aliphatic heterocycles. The van der Waals surface area contributed by atoms with Crippen LogP contribution in [0.4, 0.5) is 10.5 Å². The molecule has 0 spiro atoms. The Labute approximate surface area is 113 Å². The third-order valence-corrected chi connectivity index (χ3v) is 3.33. The third kappa shape index (κ3) is 2.79.